The van der Waals surface area contributed by atoms with Crippen molar-refractivity contribution in [3.63, 3.8) is 0 Å². The minimum absolute atomic E-state index is 0.257. The highest BCUT2D eigenvalue weighted by molar-refractivity contribution is 7.80. The summed E-state index contributed by atoms with van der Waals surface area (Å²) in [6.07, 6.45) is 5.18. The van der Waals surface area contributed by atoms with Crippen LogP contribution < -0.4 is 0 Å². The van der Waals surface area contributed by atoms with Crippen LogP contribution in [0.3, 0.4) is 0 Å². The summed E-state index contributed by atoms with van der Waals surface area (Å²) in [5.74, 6) is 0. The largest absolute Gasteiger partial charge is 0.143 e. The molecule has 0 aromatic heterocycles. The first-order chi connectivity index (χ1) is 7.08. The zero-order valence-corrected chi connectivity index (χ0v) is 11.0. The van der Waals surface area contributed by atoms with E-state index in [0.717, 1.165) is 4.90 Å². The summed E-state index contributed by atoms with van der Waals surface area (Å²) in [5.41, 5.74) is 1.64. The van der Waals surface area contributed by atoms with Gasteiger partial charge in [-0.05, 0) is 23.5 Å². The normalized spacial score (nSPS) is 11.7. The van der Waals surface area contributed by atoms with Crippen molar-refractivity contribution >= 4 is 12.6 Å². The van der Waals surface area contributed by atoms with E-state index in [9.17, 15) is 0 Å². The van der Waals surface area contributed by atoms with Gasteiger partial charge in [0.1, 0.15) is 0 Å². The monoisotopic (exact) mass is 222 g/mol. The summed E-state index contributed by atoms with van der Waals surface area (Å²) in [6, 6.07) is 8.44. The summed E-state index contributed by atoms with van der Waals surface area (Å²) in [6.45, 7) is 6.88. The predicted molar refractivity (Wildman–Crippen MR) is 70.9 cm³/mol. The summed E-state index contributed by atoms with van der Waals surface area (Å²) in [7, 11) is 0. The standard InChI is InChI=1S/C14H22S/c1-4-5-8-11-14(2,3)12-9-6-7-10-13(12)15/h6-7,9-10,15H,4-5,8,11H2,1-3H3. The van der Waals surface area contributed by atoms with Crippen molar-refractivity contribution in [2.45, 2.75) is 56.8 Å². The van der Waals surface area contributed by atoms with Gasteiger partial charge in [0, 0.05) is 4.90 Å². The Morgan fingerprint density at radius 2 is 1.80 bits per heavy atom. The SMILES string of the molecule is CCCCCC(C)(C)c1ccccc1S. The van der Waals surface area contributed by atoms with E-state index >= 15 is 0 Å². The number of rotatable bonds is 5. The van der Waals surface area contributed by atoms with Gasteiger partial charge in [0.05, 0.1) is 0 Å². The van der Waals surface area contributed by atoms with Crippen molar-refractivity contribution in [1.29, 1.82) is 0 Å². The van der Waals surface area contributed by atoms with Crippen LogP contribution in [0.4, 0.5) is 0 Å². The molecule has 0 amide bonds. The summed E-state index contributed by atoms with van der Waals surface area (Å²) >= 11 is 4.54. The molecule has 1 rings (SSSR count). The second kappa shape index (κ2) is 5.60. The van der Waals surface area contributed by atoms with Gasteiger partial charge in [0.2, 0.25) is 0 Å². The van der Waals surface area contributed by atoms with Crippen molar-refractivity contribution in [3.8, 4) is 0 Å². The van der Waals surface area contributed by atoms with E-state index in [0.29, 0.717) is 0 Å². The van der Waals surface area contributed by atoms with Crippen LogP contribution in [-0.4, -0.2) is 0 Å². The molecule has 0 aliphatic carbocycles. The lowest BCUT2D eigenvalue weighted by Gasteiger charge is -2.26. The summed E-state index contributed by atoms with van der Waals surface area (Å²) in [5, 5.41) is 0. The highest BCUT2D eigenvalue weighted by Crippen LogP contribution is 2.33. The molecule has 1 aromatic rings. The first-order valence-corrected chi connectivity index (χ1v) is 6.31. The maximum absolute atomic E-state index is 4.54. The van der Waals surface area contributed by atoms with E-state index in [2.05, 4.69) is 51.6 Å². The molecule has 1 aromatic carbocycles. The van der Waals surface area contributed by atoms with Gasteiger partial charge in [-0.1, -0.05) is 58.2 Å². The zero-order chi connectivity index (χ0) is 11.3. The van der Waals surface area contributed by atoms with Gasteiger partial charge in [0.25, 0.3) is 0 Å². The van der Waals surface area contributed by atoms with Gasteiger partial charge < -0.3 is 0 Å². The average Bonchev–Trinajstić information content (AvgIpc) is 2.18. The first kappa shape index (κ1) is 12.6. The zero-order valence-electron chi connectivity index (χ0n) is 10.1. The Bertz CT molecular complexity index is 302. The van der Waals surface area contributed by atoms with Crippen molar-refractivity contribution in [3.05, 3.63) is 29.8 Å². The minimum Gasteiger partial charge on any atom is -0.143 e. The van der Waals surface area contributed by atoms with Crippen LogP contribution in [0.2, 0.25) is 0 Å². The maximum atomic E-state index is 4.54. The highest BCUT2D eigenvalue weighted by Gasteiger charge is 2.21. The fourth-order valence-corrected chi connectivity index (χ4v) is 2.46. The van der Waals surface area contributed by atoms with E-state index in [4.69, 9.17) is 0 Å². The number of hydrogen-bond acceptors (Lipinski definition) is 1. The third-order valence-electron chi connectivity index (χ3n) is 3.04. The lowest BCUT2D eigenvalue weighted by atomic mass is 9.80. The van der Waals surface area contributed by atoms with Gasteiger partial charge in [-0.15, -0.1) is 12.6 Å². The van der Waals surface area contributed by atoms with E-state index in [1.807, 2.05) is 6.07 Å². The number of unbranched alkanes of at least 4 members (excludes halogenated alkanes) is 2. The van der Waals surface area contributed by atoms with Gasteiger partial charge >= 0.3 is 0 Å². The molecule has 15 heavy (non-hydrogen) atoms. The van der Waals surface area contributed by atoms with E-state index in [-0.39, 0.29) is 5.41 Å². The molecule has 0 aliphatic heterocycles. The van der Waals surface area contributed by atoms with Gasteiger partial charge in [-0.25, -0.2) is 0 Å². The molecule has 0 radical (unpaired) electrons. The molecular weight excluding hydrogens is 200 g/mol. The molecule has 0 bridgehead atoms. The summed E-state index contributed by atoms with van der Waals surface area (Å²) in [4.78, 5) is 1.12. The topological polar surface area (TPSA) is 0 Å². The van der Waals surface area contributed by atoms with Gasteiger partial charge in [-0.2, -0.15) is 0 Å². The molecule has 0 saturated carbocycles. The molecule has 0 aliphatic rings. The second-order valence-electron chi connectivity index (χ2n) is 4.86. The number of benzene rings is 1. The third kappa shape index (κ3) is 3.57. The van der Waals surface area contributed by atoms with Gasteiger partial charge in [0.15, 0.2) is 0 Å². The Balaban J connectivity index is 2.72. The van der Waals surface area contributed by atoms with E-state index in [1.54, 1.807) is 0 Å². The molecule has 1 heteroatoms. The van der Waals surface area contributed by atoms with Gasteiger partial charge in [-0.3, -0.25) is 0 Å². The Hall–Kier alpha value is -0.430. The molecule has 0 heterocycles. The average molecular weight is 222 g/mol. The molecule has 0 atom stereocenters. The Morgan fingerprint density at radius 3 is 2.40 bits per heavy atom. The van der Waals surface area contributed by atoms with Crippen LogP contribution in [0.15, 0.2) is 29.2 Å². The molecule has 84 valence electrons. The van der Waals surface area contributed by atoms with E-state index < -0.39 is 0 Å². The maximum Gasteiger partial charge on any atom is 0.00774 e. The molecule has 0 fully saturated rings. The van der Waals surface area contributed by atoms with Crippen molar-refractivity contribution in [1.82, 2.24) is 0 Å². The van der Waals surface area contributed by atoms with Crippen LogP contribution in [0.5, 0.6) is 0 Å². The Labute approximate surface area is 99.5 Å². The fourth-order valence-electron chi connectivity index (χ4n) is 2.00. The minimum atomic E-state index is 0.257. The van der Waals surface area contributed by atoms with Crippen LogP contribution >= 0.6 is 12.6 Å². The molecule has 0 saturated heterocycles. The van der Waals surface area contributed by atoms with Crippen molar-refractivity contribution in [2.24, 2.45) is 0 Å². The van der Waals surface area contributed by atoms with Crippen molar-refractivity contribution in [2.75, 3.05) is 0 Å². The smallest absolute Gasteiger partial charge is 0.00774 e. The summed E-state index contributed by atoms with van der Waals surface area (Å²) < 4.78 is 0. The lowest BCUT2D eigenvalue weighted by molar-refractivity contribution is 0.444. The highest BCUT2D eigenvalue weighted by atomic mass is 32.1. The molecule has 0 N–H and O–H groups in total. The Kier molecular flexibility index (Phi) is 4.72. The fraction of sp³-hybridized carbons (Fsp3) is 0.571. The molecule has 0 nitrogen and oxygen atoms in total. The van der Waals surface area contributed by atoms with Crippen LogP contribution in [0, 0.1) is 0 Å². The van der Waals surface area contributed by atoms with Crippen molar-refractivity contribution < 1.29 is 0 Å². The predicted octanol–water partition coefficient (Wildman–Crippen LogP) is 4.83. The van der Waals surface area contributed by atoms with Crippen LogP contribution in [0.25, 0.3) is 0 Å². The molecular formula is C14H22S. The molecule has 0 unspecified atom stereocenters. The van der Waals surface area contributed by atoms with E-state index in [1.165, 1.54) is 31.2 Å². The number of hydrogen-bond donors (Lipinski definition) is 1. The second-order valence-corrected chi connectivity index (χ2v) is 5.34. The lowest BCUT2D eigenvalue weighted by Crippen LogP contribution is -2.17. The first-order valence-electron chi connectivity index (χ1n) is 5.86. The van der Waals surface area contributed by atoms with Crippen LogP contribution in [-0.2, 0) is 5.41 Å². The number of thiol groups is 1. The molecule has 0 spiro atoms. The Morgan fingerprint density at radius 1 is 1.13 bits per heavy atom. The van der Waals surface area contributed by atoms with Crippen LogP contribution in [0.1, 0.15) is 52.0 Å². The quantitative estimate of drug-likeness (QED) is 0.535. The third-order valence-corrected chi connectivity index (χ3v) is 3.43.